The molecule has 0 fully saturated rings. The number of fused-ring (bicyclic) bond motifs is 8. The molecule has 0 radical (unpaired) electrons. The number of hydrogen-bond acceptors (Lipinski definition) is 0. The highest BCUT2D eigenvalue weighted by atomic mass is 14.6. The minimum atomic E-state index is -0.250. The molecule has 2 atom stereocenters. The van der Waals surface area contributed by atoms with Gasteiger partial charge in [-0.2, -0.15) is 0 Å². The predicted molar refractivity (Wildman–Crippen MR) is 303 cm³/mol. The minimum Gasteiger partial charge on any atom is -0.0840 e. The minimum absolute atomic E-state index is 0. The molecule has 0 bridgehead atoms. The molecule has 0 heteroatoms. The summed E-state index contributed by atoms with van der Waals surface area (Å²) in [5, 5.41) is 0. The number of aryl methyl sites for hydroxylation is 2. The van der Waals surface area contributed by atoms with Crippen molar-refractivity contribution in [3.63, 3.8) is 0 Å². The van der Waals surface area contributed by atoms with E-state index in [-0.39, 0.29) is 18.3 Å². The average Bonchev–Trinajstić information content (AvgIpc) is 3.69. The quantitative estimate of drug-likeness (QED) is 0.165. The van der Waals surface area contributed by atoms with E-state index in [1.165, 1.54) is 108 Å². The zero-order chi connectivity index (χ0) is 47.8. The third-order valence-electron chi connectivity index (χ3n) is 14.9. The van der Waals surface area contributed by atoms with Crippen LogP contribution in [0.4, 0.5) is 0 Å². The van der Waals surface area contributed by atoms with E-state index in [2.05, 4.69) is 260 Å². The van der Waals surface area contributed by atoms with Gasteiger partial charge >= 0.3 is 0 Å². The van der Waals surface area contributed by atoms with Crippen molar-refractivity contribution in [3.8, 4) is 22.3 Å². The molecule has 5 aliphatic rings. The Balaban J connectivity index is 0.000000157. The predicted octanol–water partition coefficient (Wildman–Crippen LogP) is 19.1. The fourth-order valence-electron chi connectivity index (χ4n) is 11.3. The monoisotopic (exact) mass is 913 g/mol. The van der Waals surface area contributed by atoms with Crippen LogP contribution in [0.25, 0.3) is 27.8 Å². The molecule has 0 aromatic heterocycles. The van der Waals surface area contributed by atoms with Crippen LogP contribution in [0.2, 0.25) is 0 Å². The van der Waals surface area contributed by atoms with Gasteiger partial charge in [0.15, 0.2) is 0 Å². The number of rotatable bonds is 4. The van der Waals surface area contributed by atoms with E-state index in [0.29, 0.717) is 0 Å². The summed E-state index contributed by atoms with van der Waals surface area (Å²) < 4.78 is 0. The van der Waals surface area contributed by atoms with Crippen LogP contribution in [0.3, 0.4) is 0 Å². The third kappa shape index (κ3) is 10.2. The van der Waals surface area contributed by atoms with Gasteiger partial charge in [-0.1, -0.05) is 264 Å². The smallest absolute Gasteiger partial charge is 0.0716 e. The molecular formula is C70H72. The summed E-state index contributed by atoms with van der Waals surface area (Å²) in [5.74, 6) is 0.769. The van der Waals surface area contributed by atoms with Gasteiger partial charge < -0.3 is 0 Å². The molecule has 0 heterocycles. The van der Waals surface area contributed by atoms with Crippen LogP contribution in [0.15, 0.2) is 241 Å². The van der Waals surface area contributed by atoms with Crippen molar-refractivity contribution in [2.45, 2.75) is 98.3 Å². The summed E-state index contributed by atoms with van der Waals surface area (Å²) in [6.07, 6.45) is 24.8. The van der Waals surface area contributed by atoms with Crippen molar-refractivity contribution in [3.05, 3.63) is 291 Å². The fourth-order valence-corrected chi connectivity index (χ4v) is 11.3. The molecule has 7 aromatic carbocycles. The Labute approximate surface area is 421 Å². The lowest BCUT2D eigenvalue weighted by molar-refractivity contribution is 0.524. The molecule has 5 aliphatic carbocycles. The Bertz CT molecular complexity index is 3090. The third-order valence-corrected chi connectivity index (χ3v) is 14.9. The Hall–Kier alpha value is -7.02. The lowest BCUT2D eigenvalue weighted by Gasteiger charge is -2.48. The lowest BCUT2D eigenvalue weighted by atomic mass is 9.54. The first kappa shape index (κ1) is 49.4. The maximum atomic E-state index is 2.48. The van der Waals surface area contributed by atoms with E-state index in [4.69, 9.17) is 0 Å². The molecule has 2 unspecified atom stereocenters. The molecule has 352 valence electrons. The van der Waals surface area contributed by atoms with Gasteiger partial charge in [0.25, 0.3) is 0 Å². The molecule has 70 heavy (non-hydrogen) atoms. The van der Waals surface area contributed by atoms with E-state index < -0.39 is 0 Å². The van der Waals surface area contributed by atoms with Gasteiger partial charge in [-0.3, -0.25) is 0 Å². The van der Waals surface area contributed by atoms with E-state index in [1.54, 1.807) is 5.57 Å². The fraction of sp³-hybridized carbons (Fsp3) is 0.229. The Morgan fingerprint density at radius 2 is 1.16 bits per heavy atom. The van der Waals surface area contributed by atoms with Gasteiger partial charge in [-0.25, -0.2) is 0 Å². The van der Waals surface area contributed by atoms with Crippen molar-refractivity contribution in [1.29, 1.82) is 0 Å². The van der Waals surface area contributed by atoms with Crippen molar-refractivity contribution < 1.29 is 0 Å². The summed E-state index contributed by atoms with van der Waals surface area (Å²) in [5.41, 5.74) is 24.0. The highest BCUT2D eigenvalue weighted by molar-refractivity contribution is 5.90. The number of hydrogen-bond donors (Lipinski definition) is 0. The Morgan fingerprint density at radius 1 is 0.514 bits per heavy atom. The lowest BCUT2D eigenvalue weighted by Crippen LogP contribution is -2.41. The molecule has 0 aliphatic heterocycles. The van der Waals surface area contributed by atoms with Gasteiger partial charge in [0.2, 0.25) is 0 Å². The van der Waals surface area contributed by atoms with Gasteiger partial charge in [0.05, 0.1) is 5.41 Å². The topological polar surface area (TPSA) is 0 Å². The summed E-state index contributed by atoms with van der Waals surface area (Å²) >= 11 is 0. The van der Waals surface area contributed by atoms with Crippen LogP contribution >= 0.6 is 0 Å². The Morgan fingerprint density at radius 3 is 1.81 bits per heavy atom. The van der Waals surface area contributed by atoms with Crippen LogP contribution in [-0.4, -0.2) is 0 Å². The summed E-state index contributed by atoms with van der Waals surface area (Å²) in [6, 6.07) is 63.9. The van der Waals surface area contributed by atoms with E-state index in [9.17, 15) is 0 Å². The maximum Gasteiger partial charge on any atom is 0.0716 e. The molecule has 0 N–H and O–H groups in total. The second-order valence-electron chi connectivity index (χ2n) is 20.1. The molecule has 0 saturated heterocycles. The van der Waals surface area contributed by atoms with Crippen LogP contribution < -0.4 is 0 Å². The zero-order valence-corrected chi connectivity index (χ0v) is 41.7. The van der Waals surface area contributed by atoms with Crippen molar-refractivity contribution in [2.24, 2.45) is 5.92 Å². The Kier molecular flexibility index (Phi) is 15.6. The van der Waals surface area contributed by atoms with Crippen LogP contribution in [0.1, 0.15) is 117 Å². The van der Waals surface area contributed by atoms with Crippen molar-refractivity contribution in [1.82, 2.24) is 0 Å². The normalized spacial score (nSPS) is 18.3. The molecule has 7 aromatic rings. The largest absolute Gasteiger partial charge is 0.0840 e. The average molecular weight is 913 g/mol. The molecule has 0 saturated carbocycles. The van der Waals surface area contributed by atoms with Gasteiger partial charge in [-0.15, -0.1) is 0 Å². The zero-order valence-electron chi connectivity index (χ0n) is 41.7. The molecule has 0 nitrogen and oxygen atoms in total. The second-order valence-corrected chi connectivity index (χ2v) is 20.1. The number of benzene rings is 7. The molecular weight excluding hydrogens is 841 g/mol. The maximum absolute atomic E-state index is 2.48. The van der Waals surface area contributed by atoms with Crippen LogP contribution in [0, 0.1) is 19.8 Å². The first-order valence-corrected chi connectivity index (χ1v) is 25.3. The van der Waals surface area contributed by atoms with E-state index >= 15 is 0 Å². The SMILES string of the molecule is C.CC1=CC=C(c2ccccc2)CC1.CC1C=CC=CC1.Cc1cccc2c1-c1cc(Cc3ccccc3)ccc1C21C2=C(CCC=C2)C(C)(C)c2ccccc21.Cc1ccccc1-c1ccccc1. The second kappa shape index (κ2) is 22.2. The van der Waals surface area contributed by atoms with Gasteiger partial charge in [0, 0.05) is 5.41 Å². The highest BCUT2D eigenvalue weighted by Gasteiger charge is 2.54. The summed E-state index contributed by atoms with van der Waals surface area (Å²) in [6.45, 7) is 13.7. The molecule has 1 spiro atoms. The highest BCUT2D eigenvalue weighted by Crippen LogP contribution is 2.64. The van der Waals surface area contributed by atoms with E-state index in [1.807, 2.05) is 6.07 Å². The standard InChI is InChI=1S/C36H32.C13H12.C13H14.C7H10.CH4/c1-24-12-11-19-33-34(24)27-23-26(22-25-13-5-4-6-14-25)20-21-28(27)36(33)31-17-9-7-15-29(31)35(2,3)30-16-8-10-18-32(30)36;1-11-7-5-6-10-13(11)12-8-3-2-4-9-12;1-11-7-9-13(10-8-11)12-5-3-2-4-6-12;1-7-5-3-2-4-6-7;/h4-7,9-15,17-21,23H,8,16,22H2,1-3H3;2-10H,1H3;2-7,9H,8,10H2,1H3;2-5,7H,6H2,1H3;1H4. The first-order valence-electron chi connectivity index (χ1n) is 25.3. The first-order chi connectivity index (χ1) is 33.7. The molecule has 0 amide bonds. The van der Waals surface area contributed by atoms with Crippen molar-refractivity contribution >= 4 is 5.57 Å². The van der Waals surface area contributed by atoms with Crippen molar-refractivity contribution in [2.75, 3.05) is 0 Å². The van der Waals surface area contributed by atoms with Crippen LogP contribution in [-0.2, 0) is 17.3 Å². The summed E-state index contributed by atoms with van der Waals surface area (Å²) in [4.78, 5) is 0. The van der Waals surface area contributed by atoms with E-state index in [0.717, 1.165) is 25.2 Å². The summed E-state index contributed by atoms with van der Waals surface area (Å²) in [7, 11) is 0. The molecule has 12 rings (SSSR count). The van der Waals surface area contributed by atoms with Crippen LogP contribution in [0.5, 0.6) is 0 Å². The van der Waals surface area contributed by atoms with Gasteiger partial charge in [-0.05, 0) is 149 Å². The number of allylic oxidation sites excluding steroid dienone is 12. The van der Waals surface area contributed by atoms with Gasteiger partial charge in [0.1, 0.15) is 0 Å².